The molecule has 0 unspecified atom stereocenters. The van der Waals surface area contributed by atoms with Gasteiger partial charge in [-0.05, 0) is 75.2 Å². The van der Waals surface area contributed by atoms with E-state index in [9.17, 15) is 29.1 Å². The number of carbonyl (C=O) groups excluding carboxylic acids is 5. The highest BCUT2D eigenvalue weighted by atomic mass is 32.2. The number of benzene rings is 1. The van der Waals surface area contributed by atoms with Crippen LogP contribution in [0.4, 0.5) is 0 Å². The van der Waals surface area contributed by atoms with Crippen LogP contribution < -0.4 is 10.6 Å². The maximum absolute atomic E-state index is 14.1. The number of rotatable bonds is 3. The Morgan fingerprint density at radius 3 is 2.31 bits per heavy atom. The van der Waals surface area contributed by atoms with Gasteiger partial charge in [0.25, 0.3) is 0 Å². The second-order valence-corrected chi connectivity index (χ2v) is 18.5. The van der Waals surface area contributed by atoms with E-state index < -0.39 is 54.0 Å². The summed E-state index contributed by atoms with van der Waals surface area (Å²) in [6, 6.07) is 5.09. The molecule has 0 aromatic heterocycles. The number of nitrogens with zero attached hydrogens (tertiary/aromatic N) is 2. The summed E-state index contributed by atoms with van der Waals surface area (Å²) in [6.07, 6.45) is 2.20. The molecule has 0 radical (unpaired) electrons. The van der Waals surface area contributed by atoms with E-state index in [0.29, 0.717) is 45.1 Å². The van der Waals surface area contributed by atoms with E-state index in [0.717, 1.165) is 21.9 Å². The maximum atomic E-state index is 14.1. The number of hydrogen-bond donors (Lipinski definition) is 3. The molecule has 1 saturated heterocycles. The topological polar surface area (TPSA) is 154 Å². The highest BCUT2D eigenvalue weighted by molar-refractivity contribution is 8.14. The number of hydrogen-bond acceptors (Lipinski definition) is 9. The molecule has 1 aromatic carbocycles. The average Bonchev–Trinajstić information content (AvgIpc) is 3.79. The van der Waals surface area contributed by atoms with E-state index in [4.69, 9.17) is 9.73 Å². The summed E-state index contributed by atoms with van der Waals surface area (Å²) in [4.78, 5) is 75.2. The van der Waals surface area contributed by atoms with Gasteiger partial charge >= 0.3 is 5.97 Å². The van der Waals surface area contributed by atoms with Crippen LogP contribution >= 0.6 is 11.8 Å². The highest BCUT2D eigenvalue weighted by Gasteiger charge is 2.42. The lowest BCUT2D eigenvalue weighted by Gasteiger charge is -2.35. The molecule has 12 heteroatoms. The third kappa shape index (κ3) is 11.9. The first-order chi connectivity index (χ1) is 25.3. The predicted octanol–water partition coefficient (Wildman–Crippen LogP) is 5.43. The lowest BCUT2D eigenvalue weighted by atomic mass is 9.81. The van der Waals surface area contributed by atoms with E-state index in [1.165, 1.54) is 4.90 Å². The molecular weight excluding hydrogens is 705 g/mol. The maximum Gasteiger partial charge on any atom is 0.329 e. The molecule has 300 valence electrons. The van der Waals surface area contributed by atoms with Gasteiger partial charge in [-0.2, -0.15) is 0 Å². The summed E-state index contributed by atoms with van der Waals surface area (Å²) < 4.78 is 6.22. The van der Waals surface area contributed by atoms with Crippen molar-refractivity contribution in [3.8, 4) is 0 Å². The van der Waals surface area contributed by atoms with E-state index >= 15 is 0 Å². The van der Waals surface area contributed by atoms with Gasteiger partial charge in [0.15, 0.2) is 0 Å². The molecule has 9 atom stereocenters. The summed E-state index contributed by atoms with van der Waals surface area (Å²) >= 11 is 1.62. The van der Waals surface area contributed by atoms with Gasteiger partial charge in [-0.25, -0.2) is 4.79 Å². The van der Waals surface area contributed by atoms with Crippen LogP contribution in [0.2, 0.25) is 0 Å². The minimum absolute atomic E-state index is 0.0204. The first-order valence-electron chi connectivity index (χ1n) is 19.9. The number of ketones is 1. The number of aliphatic hydroxyl groups excluding tert-OH is 1. The van der Waals surface area contributed by atoms with Gasteiger partial charge in [0, 0.05) is 37.0 Å². The Balaban J connectivity index is 1.61. The Morgan fingerprint density at radius 2 is 1.67 bits per heavy atom. The van der Waals surface area contributed by atoms with Crippen molar-refractivity contribution in [2.24, 2.45) is 34.1 Å². The number of aryl methyl sites for hydroxylation is 1. The first-order valence-corrected chi connectivity index (χ1v) is 20.9. The van der Waals surface area contributed by atoms with Gasteiger partial charge in [-0.1, -0.05) is 78.3 Å². The van der Waals surface area contributed by atoms with Crippen LogP contribution in [-0.2, 0) is 35.1 Å². The van der Waals surface area contributed by atoms with E-state index in [1.807, 2.05) is 72.7 Å². The number of carbonyl (C=O) groups is 5. The Bertz CT molecular complexity index is 1520. The van der Waals surface area contributed by atoms with Crippen molar-refractivity contribution in [1.82, 2.24) is 15.5 Å². The quantitative estimate of drug-likeness (QED) is 0.345. The van der Waals surface area contributed by atoms with Crippen LogP contribution in [-0.4, -0.2) is 93.2 Å². The molecule has 4 rings (SSSR count). The molecule has 1 fully saturated rings. The van der Waals surface area contributed by atoms with Crippen LogP contribution in [0.5, 0.6) is 0 Å². The SMILES string of the molecule is Cc1ccc(C[C@@H]2CC(=O)CC[C@H]3CSC(=N3)[C@@H](C)[C@@H](O)C[C@H](C)C[C@@H](C(C)(C)C)OC(=O)[C@@H]3CCCN3C(=O)[C@H](C(C)C)NC(=O)[C@H](C)NC2=O)cc1. The van der Waals surface area contributed by atoms with Crippen molar-refractivity contribution in [1.29, 1.82) is 0 Å². The molecule has 3 aliphatic rings. The van der Waals surface area contributed by atoms with Crippen LogP contribution in [0.25, 0.3) is 0 Å². The summed E-state index contributed by atoms with van der Waals surface area (Å²) in [5.41, 5.74) is 1.61. The van der Waals surface area contributed by atoms with Crippen molar-refractivity contribution in [3.05, 3.63) is 35.4 Å². The summed E-state index contributed by atoms with van der Waals surface area (Å²) in [6.45, 7) is 17.7. The van der Waals surface area contributed by atoms with Crippen molar-refractivity contribution in [2.75, 3.05) is 12.3 Å². The minimum Gasteiger partial charge on any atom is -0.460 e. The molecule has 54 heavy (non-hydrogen) atoms. The number of Topliss-reactive ketones (excluding diaryl/α,β-unsaturated/α-hetero) is 1. The van der Waals surface area contributed by atoms with Gasteiger partial charge in [-0.3, -0.25) is 24.2 Å². The smallest absolute Gasteiger partial charge is 0.329 e. The van der Waals surface area contributed by atoms with Crippen molar-refractivity contribution in [2.45, 2.75) is 150 Å². The average molecular weight is 769 g/mol. The second-order valence-electron chi connectivity index (χ2n) is 17.5. The van der Waals surface area contributed by atoms with Crippen LogP contribution in [0, 0.1) is 36.0 Å². The Hall–Kier alpha value is -3.25. The number of aliphatic imine (C=N–C) groups is 1. The minimum atomic E-state index is -0.980. The Kier molecular flexibility index (Phi) is 15.4. The van der Waals surface area contributed by atoms with Crippen molar-refractivity contribution >= 4 is 46.3 Å². The van der Waals surface area contributed by atoms with Gasteiger partial charge < -0.3 is 25.4 Å². The Morgan fingerprint density at radius 1 is 0.981 bits per heavy atom. The monoisotopic (exact) mass is 768 g/mol. The highest BCUT2D eigenvalue weighted by Crippen LogP contribution is 2.34. The molecule has 0 saturated carbocycles. The van der Waals surface area contributed by atoms with Gasteiger partial charge in [0.1, 0.15) is 30.0 Å². The second kappa shape index (κ2) is 19.1. The number of cyclic esters (lactones) is 1. The zero-order chi connectivity index (χ0) is 39.9. The molecule has 11 nitrogen and oxygen atoms in total. The van der Waals surface area contributed by atoms with Crippen molar-refractivity contribution < 1.29 is 33.8 Å². The number of thioether (sulfide) groups is 1. The van der Waals surface area contributed by atoms with Crippen LogP contribution in [0.15, 0.2) is 29.3 Å². The normalized spacial score (nSPS) is 31.9. The predicted molar refractivity (Wildman–Crippen MR) is 213 cm³/mol. The molecule has 0 spiro atoms. The lowest BCUT2D eigenvalue weighted by Crippen LogP contribution is -2.57. The van der Waals surface area contributed by atoms with Crippen LogP contribution in [0.1, 0.15) is 111 Å². The molecule has 3 aliphatic heterocycles. The third-order valence-corrected chi connectivity index (χ3v) is 12.5. The summed E-state index contributed by atoms with van der Waals surface area (Å²) in [7, 11) is 0. The fourth-order valence-electron chi connectivity index (χ4n) is 7.49. The molecule has 3 heterocycles. The van der Waals surface area contributed by atoms with Gasteiger partial charge in [0.2, 0.25) is 17.7 Å². The lowest BCUT2D eigenvalue weighted by molar-refractivity contribution is -0.164. The summed E-state index contributed by atoms with van der Waals surface area (Å²) in [5, 5.41) is 17.9. The number of esters is 1. The standard InChI is InChI=1S/C42H64N4O7S/c1-24(2)36-40(51)46-18-10-11-33(46)41(52)53-35(42(7,8)9)20-26(4)19-34(48)27(5)39-44-31(23-54-39)16-17-32(47)22-30(21-29-14-12-25(3)13-15-29)38(50)43-28(6)37(49)45-36/h12-15,24,26-28,30-31,33-36,48H,10-11,16-23H2,1-9H3,(H,43,50)(H,45,49)/t26-,27-,28-,30+,31-,33-,34-,35-,36-/m0/s1. The fraction of sp³-hybridized carbons (Fsp3) is 0.714. The summed E-state index contributed by atoms with van der Waals surface area (Å²) in [5.74, 6) is -2.22. The number of aliphatic hydroxyl groups is 1. The van der Waals surface area contributed by atoms with E-state index in [2.05, 4.69) is 17.6 Å². The zero-order valence-corrected chi connectivity index (χ0v) is 34.7. The van der Waals surface area contributed by atoms with E-state index in [-0.39, 0.29) is 53.7 Å². The first kappa shape index (κ1) is 43.5. The largest absolute Gasteiger partial charge is 0.460 e. The number of amides is 3. The number of ether oxygens (including phenoxy) is 1. The number of nitrogens with one attached hydrogen (secondary N) is 2. The fourth-order valence-corrected chi connectivity index (χ4v) is 8.73. The zero-order valence-electron chi connectivity index (χ0n) is 33.9. The van der Waals surface area contributed by atoms with Crippen LogP contribution in [0.3, 0.4) is 0 Å². The van der Waals surface area contributed by atoms with Gasteiger partial charge in [0.05, 0.1) is 17.2 Å². The number of fused-ring (bicyclic) bond motifs is 2. The Labute approximate surface area is 326 Å². The molecule has 0 aliphatic carbocycles. The third-order valence-electron chi connectivity index (χ3n) is 11.2. The molecule has 3 N–H and O–H groups in total. The van der Waals surface area contributed by atoms with E-state index in [1.54, 1.807) is 18.7 Å². The molecule has 2 bridgehead atoms. The van der Waals surface area contributed by atoms with Gasteiger partial charge in [-0.15, -0.1) is 11.8 Å². The molecule has 1 aromatic rings. The van der Waals surface area contributed by atoms with Crippen molar-refractivity contribution in [3.63, 3.8) is 0 Å². The molecule has 3 amide bonds. The molecular formula is C42H64N4O7S.